The number of hydrogen-bond acceptors (Lipinski definition) is 5. The van der Waals surface area contributed by atoms with Crippen LogP contribution in [0.1, 0.15) is 46.8 Å². The van der Waals surface area contributed by atoms with Gasteiger partial charge in [0, 0.05) is 43.6 Å². The molecule has 0 saturated carbocycles. The lowest BCUT2D eigenvalue weighted by Crippen LogP contribution is -2.46. The van der Waals surface area contributed by atoms with Gasteiger partial charge in [-0.25, -0.2) is 13.2 Å². The van der Waals surface area contributed by atoms with Crippen LogP contribution in [0.4, 0.5) is 13.2 Å². The number of nitrogens with two attached hydrogens (primary N) is 1. The minimum atomic E-state index is -1.21. The number of carbonyl (C=O) groups is 2. The van der Waals surface area contributed by atoms with Crippen molar-refractivity contribution in [1.82, 2.24) is 4.90 Å². The van der Waals surface area contributed by atoms with E-state index in [-0.39, 0.29) is 49.2 Å². The van der Waals surface area contributed by atoms with Gasteiger partial charge in [-0.2, -0.15) is 0 Å². The number of ketones is 1. The maximum atomic E-state index is 14.0. The van der Waals surface area contributed by atoms with Crippen molar-refractivity contribution >= 4 is 11.7 Å². The van der Waals surface area contributed by atoms with Gasteiger partial charge < -0.3 is 20.5 Å². The molecule has 0 radical (unpaired) electrons. The number of benzene rings is 3. The maximum Gasteiger partial charge on any atom is 0.223 e. The molecule has 1 amide bonds. The molecular formula is C30H33F3N2O4. The van der Waals surface area contributed by atoms with E-state index in [1.54, 1.807) is 0 Å². The molecule has 0 aliphatic carbocycles. The zero-order valence-electron chi connectivity index (χ0n) is 22.0. The Morgan fingerprint density at radius 3 is 2.28 bits per heavy atom. The van der Waals surface area contributed by atoms with E-state index in [1.807, 2.05) is 31.2 Å². The Hall–Kier alpha value is -3.69. The van der Waals surface area contributed by atoms with Crippen molar-refractivity contribution in [2.24, 2.45) is 5.73 Å². The quantitative estimate of drug-likeness (QED) is 0.308. The molecule has 0 saturated heterocycles. The predicted octanol–water partition coefficient (Wildman–Crippen LogP) is 4.60. The molecule has 6 nitrogen and oxygen atoms in total. The number of carbonyl (C=O) groups excluding carboxylic acids is 2. The van der Waals surface area contributed by atoms with E-state index in [2.05, 4.69) is 0 Å². The fraction of sp³-hybridized carbons (Fsp3) is 0.333. The molecule has 9 heteroatoms. The molecule has 0 aliphatic heterocycles. The van der Waals surface area contributed by atoms with E-state index in [0.29, 0.717) is 0 Å². The van der Waals surface area contributed by atoms with E-state index in [1.165, 1.54) is 24.1 Å². The number of ether oxygens (including phenoxy) is 1. The minimum absolute atomic E-state index is 0.00872. The molecule has 3 rings (SSSR count). The summed E-state index contributed by atoms with van der Waals surface area (Å²) in [5, 5.41) is 10.8. The third-order valence-electron chi connectivity index (χ3n) is 6.46. The van der Waals surface area contributed by atoms with Crippen molar-refractivity contribution in [2.45, 2.75) is 51.3 Å². The van der Waals surface area contributed by atoms with Gasteiger partial charge in [0.05, 0.1) is 13.2 Å². The summed E-state index contributed by atoms with van der Waals surface area (Å²) in [6, 6.07) is 13.6. The molecule has 39 heavy (non-hydrogen) atoms. The third-order valence-corrected chi connectivity index (χ3v) is 6.46. The van der Waals surface area contributed by atoms with Gasteiger partial charge in [-0.05, 0) is 59.9 Å². The van der Waals surface area contributed by atoms with E-state index in [0.717, 1.165) is 41.8 Å². The van der Waals surface area contributed by atoms with Crippen LogP contribution in [0.15, 0.2) is 60.7 Å². The summed E-state index contributed by atoms with van der Waals surface area (Å²) < 4.78 is 46.1. The van der Waals surface area contributed by atoms with Crippen molar-refractivity contribution in [1.29, 1.82) is 0 Å². The molecule has 3 aromatic carbocycles. The molecule has 3 N–H and O–H groups in total. The minimum Gasteiger partial charge on any atom is -0.494 e. The van der Waals surface area contributed by atoms with Crippen LogP contribution in [0.3, 0.4) is 0 Å². The van der Waals surface area contributed by atoms with E-state index >= 15 is 0 Å². The molecule has 208 valence electrons. The van der Waals surface area contributed by atoms with Crippen LogP contribution in [-0.4, -0.2) is 47.5 Å². The predicted molar refractivity (Wildman–Crippen MR) is 142 cm³/mol. The second-order valence-corrected chi connectivity index (χ2v) is 9.43. The van der Waals surface area contributed by atoms with Gasteiger partial charge >= 0.3 is 0 Å². The highest BCUT2D eigenvalue weighted by Crippen LogP contribution is 2.20. The Labute approximate surface area is 226 Å². The van der Waals surface area contributed by atoms with E-state index in [4.69, 9.17) is 10.5 Å². The fourth-order valence-corrected chi connectivity index (χ4v) is 4.28. The highest BCUT2D eigenvalue weighted by molar-refractivity contribution is 5.98. The van der Waals surface area contributed by atoms with Crippen molar-refractivity contribution in [3.05, 3.63) is 100 Å². The Morgan fingerprint density at radius 2 is 1.64 bits per heavy atom. The highest BCUT2D eigenvalue weighted by atomic mass is 19.1. The first kappa shape index (κ1) is 29.9. The first-order chi connectivity index (χ1) is 18.6. The van der Waals surface area contributed by atoms with Crippen LogP contribution in [-0.2, 0) is 24.2 Å². The first-order valence-corrected chi connectivity index (χ1v) is 12.7. The maximum absolute atomic E-state index is 14.0. The van der Waals surface area contributed by atoms with Gasteiger partial charge in [-0.3, -0.25) is 9.59 Å². The van der Waals surface area contributed by atoms with Gasteiger partial charge in [0.1, 0.15) is 11.6 Å². The van der Waals surface area contributed by atoms with Gasteiger partial charge in [0.15, 0.2) is 17.3 Å². The smallest absolute Gasteiger partial charge is 0.223 e. The molecule has 0 heterocycles. The van der Waals surface area contributed by atoms with Gasteiger partial charge in [0.25, 0.3) is 0 Å². The SMILES string of the molecule is CCc1cccc(CN(C[C@@H](O)[C@@H](N)Cc2cc(F)cc(F)c2)C(=O)CCC(=O)c2ccc(OC)c(F)c2)c1. The number of Topliss-reactive ketones (excluding diaryl/α,β-unsaturated/α-hetero) is 1. The number of rotatable bonds is 13. The van der Waals surface area contributed by atoms with Crippen LogP contribution >= 0.6 is 0 Å². The largest absolute Gasteiger partial charge is 0.494 e. The second-order valence-electron chi connectivity index (χ2n) is 9.43. The normalized spacial score (nSPS) is 12.6. The molecular weight excluding hydrogens is 509 g/mol. The number of halogens is 3. The number of nitrogens with zero attached hydrogens (tertiary/aromatic N) is 1. The number of aryl methyl sites for hydroxylation is 1. The molecule has 2 atom stereocenters. The Morgan fingerprint density at radius 1 is 0.949 bits per heavy atom. The molecule has 0 aliphatic rings. The zero-order valence-corrected chi connectivity index (χ0v) is 22.0. The Kier molecular flexibility index (Phi) is 10.7. The molecule has 0 bridgehead atoms. The second kappa shape index (κ2) is 13.9. The fourth-order valence-electron chi connectivity index (χ4n) is 4.28. The van der Waals surface area contributed by atoms with Crippen LogP contribution in [0.5, 0.6) is 5.75 Å². The first-order valence-electron chi connectivity index (χ1n) is 12.7. The monoisotopic (exact) mass is 542 g/mol. The Balaban J connectivity index is 1.72. The lowest BCUT2D eigenvalue weighted by Gasteiger charge is -2.28. The summed E-state index contributed by atoms with van der Waals surface area (Å²) in [5.41, 5.74) is 8.44. The topological polar surface area (TPSA) is 92.9 Å². The van der Waals surface area contributed by atoms with Crippen molar-refractivity contribution in [2.75, 3.05) is 13.7 Å². The number of aliphatic hydroxyl groups is 1. The van der Waals surface area contributed by atoms with Gasteiger partial charge in [-0.15, -0.1) is 0 Å². The summed E-state index contributed by atoms with van der Waals surface area (Å²) in [6.45, 7) is 2.02. The number of amides is 1. The number of hydrogen-bond donors (Lipinski definition) is 2. The van der Waals surface area contributed by atoms with Crippen LogP contribution in [0, 0.1) is 17.5 Å². The average molecular weight is 543 g/mol. The summed E-state index contributed by atoms with van der Waals surface area (Å²) >= 11 is 0. The summed E-state index contributed by atoms with van der Waals surface area (Å²) in [5.74, 6) is -2.98. The zero-order chi connectivity index (χ0) is 28.5. The summed E-state index contributed by atoms with van der Waals surface area (Å²) in [7, 11) is 1.32. The van der Waals surface area contributed by atoms with Crippen molar-refractivity contribution in [3.63, 3.8) is 0 Å². The Bertz CT molecular complexity index is 1280. The number of methoxy groups -OCH3 is 1. The van der Waals surface area contributed by atoms with Gasteiger partial charge in [0.2, 0.25) is 5.91 Å². The van der Waals surface area contributed by atoms with Crippen molar-refractivity contribution < 1.29 is 32.6 Å². The standard InChI is InChI=1S/C30H33F3N2O4/c1-3-19-5-4-6-20(11-19)17-35(18-28(37)26(34)14-21-12-23(31)16-24(32)13-21)30(38)10-8-27(36)22-7-9-29(39-2)25(33)15-22/h4-7,9,11-13,15-16,26,28,37H,3,8,10,14,17-18,34H2,1-2H3/t26-,28+/m0/s1. The molecule has 0 aromatic heterocycles. The van der Waals surface area contributed by atoms with Crippen LogP contribution in [0.25, 0.3) is 0 Å². The highest BCUT2D eigenvalue weighted by Gasteiger charge is 2.24. The number of aliphatic hydroxyl groups excluding tert-OH is 1. The van der Waals surface area contributed by atoms with E-state index < -0.39 is 41.3 Å². The molecule has 0 unspecified atom stereocenters. The lowest BCUT2D eigenvalue weighted by atomic mass is 10.0. The molecule has 0 fully saturated rings. The van der Waals surface area contributed by atoms with Crippen LogP contribution in [0.2, 0.25) is 0 Å². The summed E-state index contributed by atoms with van der Waals surface area (Å²) in [4.78, 5) is 27.3. The summed E-state index contributed by atoms with van der Waals surface area (Å²) in [6.07, 6.45) is -0.754. The van der Waals surface area contributed by atoms with E-state index in [9.17, 15) is 27.9 Å². The molecule has 3 aromatic rings. The lowest BCUT2D eigenvalue weighted by molar-refractivity contribution is -0.133. The molecule has 0 spiro atoms. The third kappa shape index (κ3) is 8.66. The van der Waals surface area contributed by atoms with Gasteiger partial charge in [-0.1, -0.05) is 31.2 Å². The average Bonchev–Trinajstić information content (AvgIpc) is 2.90. The van der Waals surface area contributed by atoms with Crippen LogP contribution < -0.4 is 10.5 Å². The van der Waals surface area contributed by atoms with Crippen molar-refractivity contribution in [3.8, 4) is 5.75 Å².